The van der Waals surface area contributed by atoms with Crippen molar-refractivity contribution >= 4 is 0 Å². The van der Waals surface area contributed by atoms with Crippen molar-refractivity contribution in [1.29, 1.82) is 5.26 Å². The summed E-state index contributed by atoms with van der Waals surface area (Å²) in [7, 11) is 1.60. The summed E-state index contributed by atoms with van der Waals surface area (Å²) in [6, 6.07) is 9.50. The number of nitrogens with zero attached hydrogens (tertiary/aromatic N) is 2. The Morgan fingerprint density at radius 2 is 2.47 bits per heavy atom. The third kappa shape index (κ3) is 3.67. The number of benzene rings is 1. The molecule has 1 aliphatic rings. The average Bonchev–Trinajstić information content (AvgIpc) is 2.47. The Labute approximate surface area is 113 Å². The number of ether oxygens (including phenoxy) is 2. The standard InChI is InChI=1S/C14H18N2O3/c1-18-12-4-2-3-11(7-12)14(17)10-16-5-6-19-13(8-15)9-16/h2-4,7,13-14,17H,5-6,9-10H2,1H3. The highest BCUT2D eigenvalue weighted by atomic mass is 16.5. The molecule has 2 rings (SSSR count). The summed E-state index contributed by atoms with van der Waals surface area (Å²) in [5, 5.41) is 19.1. The van der Waals surface area contributed by atoms with Gasteiger partial charge < -0.3 is 14.6 Å². The van der Waals surface area contributed by atoms with Crippen LogP contribution in [0.3, 0.4) is 0 Å². The molecule has 0 bridgehead atoms. The highest BCUT2D eigenvalue weighted by Gasteiger charge is 2.22. The van der Waals surface area contributed by atoms with Gasteiger partial charge in [0.2, 0.25) is 0 Å². The van der Waals surface area contributed by atoms with Gasteiger partial charge in [-0.2, -0.15) is 5.26 Å². The summed E-state index contributed by atoms with van der Waals surface area (Å²) in [6.07, 6.45) is -0.987. The Bertz CT molecular complexity index is 458. The van der Waals surface area contributed by atoms with Crippen molar-refractivity contribution in [3.63, 3.8) is 0 Å². The molecule has 5 nitrogen and oxygen atoms in total. The van der Waals surface area contributed by atoms with E-state index >= 15 is 0 Å². The lowest BCUT2D eigenvalue weighted by atomic mass is 10.1. The van der Waals surface area contributed by atoms with E-state index in [1.807, 2.05) is 29.2 Å². The molecule has 1 N–H and O–H groups in total. The molecule has 1 aliphatic heterocycles. The van der Waals surface area contributed by atoms with E-state index in [1.54, 1.807) is 7.11 Å². The number of nitriles is 1. The zero-order chi connectivity index (χ0) is 13.7. The van der Waals surface area contributed by atoms with Crippen LogP contribution in [0.5, 0.6) is 5.75 Å². The second kappa shape index (κ2) is 6.53. The molecular formula is C14H18N2O3. The van der Waals surface area contributed by atoms with Crippen molar-refractivity contribution in [2.75, 3.05) is 33.4 Å². The van der Waals surface area contributed by atoms with Crippen LogP contribution < -0.4 is 4.74 Å². The fourth-order valence-corrected chi connectivity index (χ4v) is 2.15. The lowest BCUT2D eigenvalue weighted by Crippen LogP contribution is -2.43. The molecule has 0 saturated carbocycles. The number of methoxy groups -OCH3 is 1. The molecule has 5 heteroatoms. The minimum atomic E-state index is -0.590. The number of hydrogen-bond donors (Lipinski definition) is 1. The van der Waals surface area contributed by atoms with E-state index in [9.17, 15) is 5.11 Å². The second-order valence-electron chi connectivity index (χ2n) is 4.54. The molecule has 2 atom stereocenters. The Balaban J connectivity index is 1.96. The third-order valence-electron chi connectivity index (χ3n) is 3.20. The minimum Gasteiger partial charge on any atom is -0.497 e. The van der Waals surface area contributed by atoms with Gasteiger partial charge in [0, 0.05) is 19.6 Å². The van der Waals surface area contributed by atoms with Gasteiger partial charge in [0.05, 0.1) is 25.9 Å². The Kier molecular flexibility index (Phi) is 4.74. The largest absolute Gasteiger partial charge is 0.497 e. The van der Waals surface area contributed by atoms with Gasteiger partial charge in [0.25, 0.3) is 0 Å². The predicted octanol–water partition coefficient (Wildman–Crippen LogP) is 0.953. The monoisotopic (exact) mass is 262 g/mol. The topological polar surface area (TPSA) is 65.7 Å². The van der Waals surface area contributed by atoms with E-state index in [4.69, 9.17) is 14.7 Å². The van der Waals surface area contributed by atoms with Crippen molar-refractivity contribution in [2.45, 2.75) is 12.2 Å². The zero-order valence-electron chi connectivity index (χ0n) is 11.0. The van der Waals surface area contributed by atoms with Crippen LogP contribution in [-0.4, -0.2) is 49.5 Å². The molecule has 1 heterocycles. The van der Waals surface area contributed by atoms with Crippen LogP contribution in [0.25, 0.3) is 0 Å². The van der Waals surface area contributed by atoms with Gasteiger partial charge in [-0.15, -0.1) is 0 Å². The number of β-amino-alcohol motifs (C(OH)–C–C–N with tert-alkyl or cyclic N) is 1. The van der Waals surface area contributed by atoms with E-state index in [0.29, 0.717) is 19.7 Å². The summed E-state index contributed by atoms with van der Waals surface area (Å²) >= 11 is 0. The van der Waals surface area contributed by atoms with Gasteiger partial charge in [-0.1, -0.05) is 12.1 Å². The van der Waals surface area contributed by atoms with Crippen LogP contribution in [0.4, 0.5) is 0 Å². The van der Waals surface area contributed by atoms with E-state index in [-0.39, 0.29) is 0 Å². The first-order chi connectivity index (χ1) is 9.22. The maximum Gasteiger partial charge on any atom is 0.156 e. The molecule has 102 valence electrons. The Hall–Kier alpha value is -1.61. The van der Waals surface area contributed by atoms with Gasteiger partial charge in [-0.05, 0) is 17.7 Å². The molecule has 19 heavy (non-hydrogen) atoms. The first kappa shape index (κ1) is 13.8. The first-order valence-electron chi connectivity index (χ1n) is 6.28. The predicted molar refractivity (Wildman–Crippen MR) is 69.7 cm³/mol. The SMILES string of the molecule is COc1cccc(C(O)CN2CCOC(C#N)C2)c1. The van der Waals surface area contributed by atoms with Gasteiger partial charge in [-0.25, -0.2) is 0 Å². The number of hydrogen-bond acceptors (Lipinski definition) is 5. The molecule has 0 spiro atoms. The molecule has 0 radical (unpaired) electrons. The molecule has 1 fully saturated rings. The van der Waals surface area contributed by atoms with Crippen LogP contribution in [0.15, 0.2) is 24.3 Å². The zero-order valence-corrected chi connectivity index (χ0v) is 11.0. The highest BCUT2D eigenvalue weighted by Crippen LogP contribution is 2.20. The average molecular weight is 262 g/mol. The van der Waals surface area contributed by atoms with E-state index in [2.05, 4.69) is 6.07 Å². The smallest absolute Gasteiger partial charge is 0.156 e. The minimum absolute atomic E-state index is 0.397. The number of rotatable bonds is 4. The normalized spacial score (nSPS) is 21.6. The fraction of sp³-hybridized carbons (Fsp3) is 0.500. The maximum absolute atomic E-state index is 10.2. The lowest BCUT2D eigenvalue weighted by molar-refractivity contribution is -0.0159. The number of aliphatic hydroxyl groups excluding tert-OH is 1. The summed E-state index contributed by atoms with van der Waals surface area (Å²) in [6.45, 7) is 2.30. The van der Waals surface area contributed by atoms with Crippen molar-refractivity contribution in [3.8, 4) is 11.8 Å². The summed E-state index contributed by atoms with van der Waals surface area (Å²) in [5.41, 5.74) is 0.819. The Morgan fingerprint density at radius 1 is 1.63 bits per heavy atom. The molecule has 1 aromatic rings. The second-order valence-corrected chi connectivity index (χ2v) is 4.54. The number of aliphatic hydroxyl groups is 1. The van der Waals surface area contributed by atoms with Crippen molar-refractivity contribution < 1.29 is 14.6 Å². The molecule has 1 aromatic carbocycles. The first-order valence-corrected chi connectivity index (χ1v) is 6.28. The number of morpholine rings is 1. The summed E-state index contributed by atoms with van der Waals surface area (Å²) < 4.78 is 10.4. The van der Waals surface area contributed by atoms with Crippen LogP contribution in [0, 0.1) is 11.3 Å². The van der Waals surface area contributed by atoms with E-state index < -0.39 is 12.2 Å². The molecule has 2 unspecified atom stereocenters. The van der Waals surface area contributed by atoms with Gasteiger partial charge in [0.15, 0.2) is 6.10 Å². The van der Waals surface area contributed by atoms with Gasteiger partial charge in [0.1, 0.15) is 5.75 Å². The van der Waals surface area contributed by atoms with Crippen LogP contribution in [0.1, 0.15) is 11.7 Å². The van der Waals surface area contributed by atoms with Gasteiger partial charge >= 0.3 is 0 Å². The quantitative estimate of drug-likeness (QED) is 0.875. The Morgan fingerprint density at radius 3 is 3.21 bits per heavy atom. The third-order valence-corrected chi connectivity index (χ3v) is 3.20. The van der Waals surface area contributed by atoms with Crippen molar-refractivity contribution in [1.82, 2.24) is 4.90 Å². The van der Waals surface area contributed by atoms with Gasteiger partial charge in [-0.3, -0.25) is 4.90 Å². The van der Waals surface area contributed by atoms with E-state index in [1.165, 1.54) is 0 Å². The molecule has 0 amide bonds. The maximum atomic E-state index is 10.2. The molecular weight excluding hydrogens is 244 g/mol. The summed E-state index contributed by atoms with van der Waals surface area (Å²) in [4.78, 5) is 2.04. The van der Waals surface area contributed by atoms with Crippen LogP contribution in [-0.2, 0) is 4.74 Å². The molecule has 0 aliphatic carbocycles. The molecule has 0 aromatic heterocycles. The highest BCUT2D eigenvalue weighted by molar-refractivity contribution is 5.29. The van der Waals surface area contributed by atoms with E-state index in [0.717, 1.165) is 17.9 Å². The van der Waals surface area contributed by atoms with Crippen LogP contribution in [0.2, 0.25) is 0 Å². The van der Waals surface area contributed by atoms with Crippen LogP contribution >= 0.6 is 0 Å². The van der Waals surface area contributed by atoms with Crippen molar-refractivity contribution in [3.05, 3.63) is 29.8 Å². The summed E-state index contributed by atoms with van der Waals surface area (Å²) in [5.74, 6) is 0.730. The van der Waals surface area contributed by atoms with Crippen molar-refractivity contribution in [2.24, 2.45) is 0 Å². The fourth-order valence-electron chi connectivity index (χ4n) is 2.15. The molecule has 1 saturated heterocycles. The lowest BCUT2D eigenvalue weighted by Gasteiger charge is -2.31.